The molecule has 0 aromatic heterocycles. The Kier molecular flexibility index (Phi) is 6.41. The van der Waals surface area contributed by atoms with Crippen molar-refractivity contribution >= 4 is 0 Å². The number of rotatable bonds is 6. The van der Waals surface area contributed by atoms with Gasteiger partial charge in [-0.05, 0) is 25.9 Å². The molecule has 0 aromatic rings. The van der Waals surface area contributed by atoms with Gasteiger partial charge in [-0.15, -0.1) is 6.58 Å². The zero-order valence-corrected chi connectivity index (χ0v) is 8.08. The molecule has 0 heterocycles. The Morgan fingerprint density at radius 1 is 1.50 bits per heavy atom. The van der Waals surface area contributed by atoms with Crippen LogP contribution in [0.5, 0.6) is 0 Å². The van der Waals surface area contributed by atoms with E-state index in [4.69, 9.17) is 5.26 Å². The van der Waals surface area contributed by atoms with Gasteiger partial charge in [-0.3, -0.25) is 4.90 Å². The Bertz CT molecular complexity index is 154. The minimum atomic E-state index is 0.0676. The van der Waals surface area contributed by atoms with Crippen LogP contribution in [0, 0.1) is 11.3 Å². The molecule has 0 amide bonds. The summed E-state index contributed by atoms with van der Waals surface area (Å²) < 4.78 is 0. The number of hydrogen-bond donors (Lipinski definition) is 0. The van der Waals surface area contributed by atoms with Gasteiger partial charge in [0, 0.05) is 0 Å². The zero-order valence-electron chi connectivity index (χ0n) is 8.08. The second-order valence-electron chi connectivity index (χ2n) is 2.73. The minimum Gasteiger partial charge on any atom is -0.289 e. The van der Waals surface area contributed by atoms with Gasteiger partial charge in [-0.2, -0.15) is 5.26 Å². The molecule has 1 atom stereocenters. The average molecular weight is 166 g/mol. The molecule has 0 aliphatic rings. The van der Waals surface area contributed by atoms with Crippen LogP contribution in [0.15, 0.2) is 12.7 Å². The highest BCUT2D eigenvalue weighted by atomic mass is 15.1. The van der Waals surface area contributed by atoms with E-state index in [1.807, 2.05) is 6.08 Å². The molecule has 0 rings (SSSR count). The Hall–Kier alpha value is -0.810. The lowest BCUT2D eigenvalue weighted by atomic mass is 10.1. The molecule has 2 nitrogen and oxygen atoms in total. The smallest absolute Gasteiger partial charge is 0.0980 e. The highest BCUT2D eigenvalue weighted by molar-refractivity contribution is 4.92. The van der Waals surface area contributed by atoms with Crippen LogP contribution in [0.1, 0.15) is 26.7 Å². The molecule has 1 unspecified atom stereocenters. The highest BCUT2D eigenvalue weighted by Gasteiger charge is 2.12. The summed E-state index contributed by atoms with van der Waals surface area (Å²) in [5.41, 5.74) is 0. The van der Waals surface area contributed by atoms with Crippen molar-refractivity contribution < 1.29 is 0 Å². The van der Waals surface area contributed by atoms with E-state index < -0.39 is 0 Å². The van der Waals surface area contributed by atoms with Crippen molar-refractivity contribution in [3.8, 4) is 6.07 Å². The summed E-state index contributed by atoms with van der Waals surface area (Å²) in [6, 6.07) is 2.38. The van der Waals surface area contributed by atoms with Gasteiger partial charge in [0.1, 0.15) is 0 Å². The first-order chi connectivity index (χ1) is 5.79. The van der Waals surface area contributed by atoms with Crippen LogP contribution in [0.3, 0.4) is 0 Å². The maximum atomic E-state index is 8.86. The van der Waals surface area contributed by atoms with Gasteiger partial charge in [0.05, 0.1) is 12.1 Å². The molecule has 12 heavy (non-hydrogen) atoms. The summed E-state index contributed by atoms with van der Waals surface area (Å²) in [7, 11) is 0. The number of nitrogens with zero attached hydrogens (tertiary/aromatic N) is 2. The van der Waals surface area contributed by atoms with Gasteiger partial charge in [-0.1, -0.05) is 19.9 Å². The largest absolute Gasteiger partial charge is 0.289 e. The molecule has 0 aliphatic carbocycles. The Morgan fingerprint density at radius 2 is 2.08 bits per heavy atom. The van der Waals surface area contributed by atoms with Gasteiger partial charge < -0.3 is 0 Å². The second-order valence-corrected chi connectivity index (χ2v) is 2.73. The van der Waals surface area contributed by atoms with Gasteiger partial charge in [0.25, 0.3) is 0 Å². The first kappa shape index (κ1) is 11.2. The van der Waals surface area contributed by atoms with Crippen molar-refractivity contribution in [3.63, 3.8) is 0 Å². The number of nitriles is 1. The number of allylic oxidation sites excluding steroid dienone is 1. The van der Waals surface area contributed by atoms with E-state index in [1.165, 1.54) is 0 Å². The van der Waals surface area contributed by atoms with Crippen molar-refractivity contribution in [2.24, 2.45) is 0 Å². The zero-order chi connectivity index (χ0) is 9.40. The van der Waals surface area contributed by atoms with E-state index in [-0.39, 0.29) is 6.04 Å². The predicted octanol–water partition coefficient (Wildman–Crippen LogP) is 2.19. The molecule has 68 valence electrons. The van der Waals surface area contributed by atoms with Crippen LogP contribution in [0.4, 0.5) is 0 Å². The van der Waals surface area contributed by atoms with Gasteiger partial charge in [0.15, 0.2) is 0 Å². The van der Waals surface area contributed by atoms with E-state index in [1.54, 1.807) is 0 Å². The molecule has 0 saturated heterocycles. The third-order valence-corrected chi connectivity index (χ3v) is 2.05. The van der Waals surface area contributed by atoms with Crippen molar-refractivity contribution in [2.75, 3.05) is 13.1 Å². The Labute approximate surface area is 75.5 Å². The first-order valence-corrected chi connectivity index (χ1v) is 4.54. The van der Waals surface area contributed by atoms with E-state index in [0.717, 1.165) is 25.9 Å². The lowest BCUT2D eigenvalue weighted by Gasteiger charge is -2.23. The highest BCUT2D eigenvalue weighted by Crippen LogP contribution is 2.05. The molecule has 0 fully saturated rings. The van der Waals surface area contributed by atoms with Crippen LogP contribution < -0.4 is 0 Å². The van der Waals surface area contributed by atoms with Gasteiger partial charge in [-0.25, -0.2) is 0 Å². The summed E-state index contributed by atoms with van der Waals surface area (Å²) in [4.78, 5) is 2.17. The summed E-state index contributed by atoms with van der Waals surface area (Å²) in [6.45, 7) is 9.72. The summed E-state index contributed by atoms with van der Waals surface area (Å²) >= 11 is 0. The lowest BCUT2D eigenvalue weighted by Crippen LogP contribution is -2.33. The van der Waals surface area contributed by atoms with Crippen molar-refractivity contribution in [1.82, 2.24) is 4.90 Å². The predicted molar refractivity (Wildman–Crippen MR) is 51.8 cm³/mol. The Balaban J connectivity index is 3.94. The molecule has 0 aromatic carbocycles. The number of hydrogen-bond acceptors (Lipinski definition) is 2. The molecule has 0 spiro atoms. The minimum absolute atomic E-state index is 0.0676. The molecule has 0 aliphatic heterocycles. The van der Waals surface area contributed by atoms with E-state index >= 15 is 0 Å². The van der Waals surface area contributed by atoms with Gasteiger partial charge in [0.2, 0.25) is 0 Å². The third kappa shape index (κ3) is 3.54. The average Bonchev–Trinajstić information content (AvgIpc) is 2.12. The molecule has 0 bridgehead atoms. The topological polar surface area (TPSA) is 27.0 Å². The SMILES string of the molecule is C=CCCC(C#N)N(CC)CC. The maximum absolute atomic E-state index is 8.86. The molecule has 2 heteroatoms. The maximum Gasteiger partial charge on any atom is 0.0980 e. The normalized spacial score (nSPS) is 12.5. The quantitative estimate of drug-likeness (QED) is 0.565. The lowest BCUT2D eigenvalue weighted by molar-refractivity contribution is 0.250. The fourth-order valence-corrected chi connectivity index (χ4v) is 1.27. The molecule has 0 N–H and O–H groups in total. The fraction of sp³-hybridized carbons (Fsp3) is 0.700. The first-order valence-electron chi connectivity index (χ1n) is 4.54. The standard InChI is InChI=1S/C10H18N2/c1-4-7-8-10(9-11)12(5-2)6-3/h4,10H,1,5-8H2,2-3H3. The van der Waals surface area contributed by atoms with E-state index in [0.29, 0.717) is 0 Å². The summed E-state index contributed by atoms with van der Waals surface area (Å²) in [6.07, 6.45) is 3.70. The second kappa shape index (κ2) is 6.87. The van der Waals surface area contributed by atoms with Crippen LogP contribution >= 0.6 is 0 Å². The van der Waals surface area contributed by atoms with Crippen LogP contribution in [0.25, 0.3) is 0 Å². The summed E-state index contributed by atoms with van der Waals surface area (Å²) in [5.74, 6) is 0. The van der Waals surface area contributed by atoms with E-state index in [9.17, 15) is 0 Å². The van der Waals surface area contributed by atoms with Gasteiger partial charge >= 0.3 is 0 Å². The van der Waals surface area contributed by atoms with Crippen LogP contribution in [0.2, 0.25) is 0 Å². The Morgan fingerprint density at radius 3 is 2.42 bits per heavy atom. The monoisotopic (exact) mass is 166 g/mol. The molecule has 0 radical (unpaired) electrons. The fourth-order valence-electron chi connectivity index (χ4n) is 1.27. The summed E-state index contributed by atoms with van der Waals surface area (Å²) in [5, 5.41) is 8.86. The van der Waals surface area contributed by atoms with Crippen LogP contribution in [-0.2, 0) is 0 Å². The van der Waals surface area contributed by atoms with Crippen molar-refractivity contribution in [3.05, 3.63) is 12.7 Å². The third-order valence-electron chi connectivity index (χ3n) is 2.05. The molecule has 0 saturated carbocycles. The van der Waals surface area contributed by atoms with Crippen LogP contribution in [-0.4, -0.2) is 24.0 Å². The molecular weight excluding hydrogens is 148 g/mol. The van der Waals surface area contributed by atoms with E-state index in [2.05, 4.69) is 31.4 Å². The van der Waals surface area contributed by atoms with Crippen molar-refractivity contribution in [1.29, 1.82) is 5.26 Å². The molecular formula is C10H18N2. The van der Waals surface area contributed by atoms with Crippen molar-refractivity contribution in [2.45, 2.75) is 32.7 Å².